The normalized spacial score (nSPS) is 12.2. The zero-order valence-corrected chi connectivity index (χ0v) is 14.2. The van der Waals surface area contributed by atoms with Gasteiger partial charge < -0.3 is 10.1 Å². The molecule has 0 aliphatic rings. The summed E-state index contributed by atoms with van der Waals surface area (Å²) in [5, 5.41) is 4.88. The molecule has 0 saturated carbocycles. The Morgan fingerprint density at radius 1 is 1.55 bits per heavy atom. The number of benzene rings is 1. The van der Waals surface area contributed by atoms with E-state index in [-0.39, 0.29) is 6.10 Å². The number of hydrogen-bond donors (Lipinski definition) is 2. The van der Waals surface area contributed by atoms with Crippen LogP contribution in [0.25, 0.3) is 0 Å². The molecule has 112 valence electrons. The van der Waals surface area contributed by atoms with Crippen LogP contribution in [-0.2, 0) is 10.8 Å². The van der Waals surface area contributed by atoms with Gasteiger partial charge >= 0.3 is 0 Å². The molecule has 0 heterocycles. The van der Waals surface area contributed by atoms with Gasteiger partial charge in [0.15, 0.2) is 5.11 Å². The molecule has 0 amide bonds. The first-order valence-corrected chi connectivity index (χ1v) is 8.19. The fourth-order valence-electron chi connectivity index (χ4n) is 1.42. The molecule has 0 saturated heterocycles. The first-order chi connectivity index (χ1) is 9.22. The Morgan fingerprint density at radius 2 is 2.15 bits per heavy atom. The fourth-order valence-corrected chi connectivity index (χ4v) is 2.43. The van der Waals surface area contributed by atoms with Crippen molar-refractivity contribution in [3.8, 4) is 5.75 Å². The predicted molar refractivity (Wildman–Crippen MR) is 87.7 cm³/mol. The summed E-state index contributed by atoms with van der Waals surface area (Å²) in [5.41, 5.74) is 0.550. The zero-order chi connectivity index (χ0) is 15.4. The lowest BCUT2D eigenvalue weighted by Gasteiger charge is -2.19. The molecule has 1 atom stereocenters. The standard InChI is InChI=1S/C12H18ClN3O2S2/c1-7(2)18-10-6-11(20(4)17)9(5-8(10)13)15-12(19)16(3)14/h5-7H,14H2,1-4H3,(H,15,19). The van der Waals surface area contributed by atoms with E-state index in [1.165, 1.54) is 5.01 Å². The Hall–Kier alpha value is -0.890. The number of hydrogen-bond acceptors (Lipinski definition) is 4. The highest BCUT2D eigenvalue weighted by atomic mass is 35.5. The number of thiocarbonyl (C=S) groups is 1. The number of halogens is 1. The van der Waals surface area contributed by atoms with E-state index >= 15 is 0 Å². The number of nitrogens with one attached hydrogen (secondary N) is 1. The third kappa shape index (κ3) is 4.59. The van der Waals surface area contributed by atoms with Gasteiger partial charge in [0.2, 0.25) is 0 Å². The average Bonchev–Trinajstić information content (AvgIpc) is 2.31. The summed E-state index contributed by atoms with van der Waals surface area (Å²) in [5.74, 6) is 6.03. The molecule has 0 radical (unpaired) electrons. The summed E-state index contributed by atoms with van der Waals surface area (Å²) in [6, 6.07) is 3.28. The van der Waals surface area contributed by atoms with Gasteiger partial charge in [-0.1, -0.05) is 11.6 Å². The van der Waals surface area contributed by atoms with Gasteiger partial charge in [0, 0.05) is 13.3 Å². The van der Waals surface area contributed by atoms with Crippen LogP contribution in [0.1, 0.15) is 13.8 Å². The summed E-state index contributed by atoms with van der Waals surface area (Å²) in [7, 11) is 0.383. The number of nitrogens with two attached hydrogens (primary N) is 1. The molecule has 0 aliphatic carbocycles. The highest BCUT2D eigenvalue weighted by Gasteiger charge is 2.15. The molecular formula is C12H18ClN3O2S2. The highest BCUT2D eigenvalue weighted by molar-refractivity contribution is 7.84. The van der Waals surface area contributed by atoms with E-state index in [1.54, 1.807) is 25.4 Å². The molecule has 1 aromatic carbocycles. The van der Waals surface area contributed by atoms with Crippen molar-refractivity contribution in [2.45, 2.75) is 24.8 Å². The second kappa shape index (κ2) is 7.21. The minimum absolute atomic E-state index is 0.0271. The molecular weight excluding hydrogens is 318 g/mol. The van der Waals surface area contributed by atoms with Crippen molar-refractivity contribution in [1.82, 2.24) is 5.01 Å². The van der Waals surface area contributed by atoms with Crippen LogP contribution >= 0.6 is 23.8 Å². The summed E-state index contributed by atoms with van der Waals surface area (Å²) in [4.78, 5) is 0.550. The van der Waals surface area contributed by atoms with Crippen molar-refractivity contribution in [2.24, 2.45) is 5.84 Å². The van der Waals surface area contributed by atoms with Crippen LogP contribution in [0.2, 0.25) is 5.02 Å². The third-order valence-electron chi connectivity index (χ3n) is 2.27. The molecule has 0 spiro atoms. The van der Waals surface area contributed by atoms with Crippen molar-refractivity contribution in [2.75, 3.05) is 18.6 Å². The topological polar surface area (TPSA) is 67.6 Å². The first kappa shape index (κ1) is 17.2. The van der Waals surface area contributed by atoms with Crippen molar-refractivity contribution in [3.63, 3.8) is 0 Å². The van der Waals surface area contributed by atoms with Crippen molar-refractivity contribution < 1.29 is 8.95 Å². The Balaban J connectivity index is 3.21. The molecule has 1 aromatic rings. The van der Waals surface area contributed by atoms with Gasteiger partial charge in [0.05, 0.1) is 32.5 Å². The van der Waals surface area contributed by atoms with Crippen LogP contribution in [-0.4, -0.2) is 33.7 Å². The summed E-state index contributed by atoms with van der Waals surface area (Å²) < 4.78 is 17.4. The minimum Gasteiger partial charge on any atom is -0.489 e. The number of nitrogens with zero attached hydrogens (tertiary/aromatic N) is 1. The lowest BCUT2D eigenvalue weighted by Crippen LogP contribution is -2.36. The van der Waals surface area contributed by atoms with Crippen molar-refractivity contribution >= 4 is 45.4 Å². The van der Waals surface area contributed by atoms with Crippen molar-refractivity contribution in [1.29, 1.82) is 0 Å². The number of anilines is 1. The van der Waals surface area contributed by atoms with Crippen LogP contribution in [0, 0.1) is 0 Å². The molecule has 3 N–H and O–H groups in total. The van der Waals surface area contributed by atoms with E-state index in [4.69, 9.17) is 34.4 Å². The molecule has 1 unspecified atom stereocenters. The van der Waals surface area contributed by atoms with Gasteiger partial charge in [-0.25, -0.2) is 5.84 Å². The van der Waals surface area contributed by atoms with Crippen LogP contribution in [0.4, 0.5) is 5.69 Å². The van der Waals surface area contributed by atoms with Crippen LogP contribution in [0.15, 0.2) is 17.0 Å². The highest BCUT2D eigenvalue weighted by Crippen LogP contribution is 2.33. The van der Waals surface area contributed by atoms with E-state index in [9.17, 15) is 4.21 Å². The maximum absolute atomic E-state index is 11.9. The quantitative estimate of drug-likeness (QED) is 0.500. The van der Waals surface area contributed by atoms with E-state index in [0.29, 0.717) is 26.5 Å². The number of rotatable bonds is 4. The van der Waals surface area contributed by atoms with E-state index in [1.807, 2.05) is 13.8 Å². The van der Waals surface area contributed by atoms with Crippen LogP contribution in [0.3, 0.4) is 0 Å². The second-order valence-electron chi connectivity index (χ2n) is 4.44. The van der Waals surface area contributed by atoms with E-state index < -0.39 is 10.8 Å². The summed E-state index contributed by atoms with van der Waals surface area (Å²) in [6.45, 7) is 3.78. The number of hydrazine groups is 1. The molecule has 0 aliphatic heterocycles. The molecule has 20 heavy (non-hydrogen) atoms. The first-order valence-electron chi connectivity index (χ1n) is 5.85. The largest absolute Gasteiger partial charge is 0.489 e. The maximum atomic E-state index is 11.9. The van der Waals surface area contributed by atoms with Gasteiger partial charge in [0.25, 0.3) is 0 Å². The Bertz CT molecular complexity index is 536. The van der Waals surface area contributed by atoms with Crippen molar-refractivity contribution in [3.05, 3.63) is 17.2 Å². The predicted octanol–water partition coefficient (Wildman–Crippen LogP) is 2.37. The smallest absolute Gasteiger partial charge is 0.187 e. The fraction of sp³-hybridized carbons (Fsp3) is 0.417. The Morgan fingerprint density at radius 3 is 2.60 bits per heavy atom. The maximum Gasteiger partial charge on any atom is 0.187 e. The van der Waals surface area contributed by atoms with Gasteiger partial charge in [0.1, 0.15) is 5.75 Å². The van der Waals surface area contributed by atoms with E-state index in [2.05, 4.69) is 5.32 Å². The van der Waals surface area contributed by atoms with Crippen LogP contribution < -0.4 is 15.9 Å². The number of ether oxygens (including phenoxy) is 1. The van der Waals surface area contributed by atoms with Gasteiger partial charge in [-0.2, -0.15) is 0 Å². The monoisotopic (exact) mass is 335 g/mol. The molecule has 8 heteroatoms. The van der Waals surface area contributed by atoms with Gasteiger partial charge in [-0.05, 0) is 38.2 Å². The minimum atomic E-state index is -1.22. The Labute approximate surface area is 131 Å². The molecule has 0 bridgehead atoms. The molecule has 1 rings (SSSR count). The van der Waals surface area contributed by atoms with Crippen LogP contribution in [0.5, 0.6) is 5.75 Å². The Kier molecular flexibility index (Phi) is 6.19. The zero-order valence-electron chi connectivity index (χ0n) is 11.8. The molecule has 0 aromatic heterocycles. The van der Waals surface area contributed by atoms with E-state index in [0.717, 1.165) is 0 Å². The summed E-state index contributed by atoms with van der Waals surface area (Å²) in [6.07, 6.45) is 1.55. The third-order valence-corrected chi connectivity index (χ3v) is 3.91. The molecule has 0 fully saturated rings. The lowest BCUT2D eigenvalue weighted by atomic mass is 10.3. The second-order valence-corrected chi connectivity index (χ2v) is 6.58. The lowest BCUT2D eigenvalue weighted by molar-refractivity contribution is 0.242. The van der Waals surface area contributed by atoms with Gasteiger partial charge in [-0.15, -0.1) is 0 Å². The molecule has 5 nitrogen and oxygen atoms in total. The SMILES string of the molecule is CC(C)Oc1cc(S(C)=O)c(NC(=S)N(C)N)cc1Cl. The average molecular weight is 336 g/mol. The summed E-state index contributed by atoms with van der Waals surface area (Å²) >= 11 is 11.2. The van der Waals surface area contributed by atoms with Gasteiger partial charge in [-0.3, -0.25) is 9.22 Å².